The van der Waals surface area contributed by atoms with Gasteiger partial charge in [-0.3, -0.25) is 4.79 Å². The molecule has 0 fully saturated rings. The minimum atomic E-state index is -3.46. The van der Waals surface area contributed by atoms with Gasteiger partial charge < -0.3 is 5.11 Å². The summed E-state index contributed by atoms with van der Waals surface area (Å²) in [4.78, 5) is 10.2. The number of aliphatic carboxylic acids is 1. The molecule has 0 aromatic carbocycles. The molecule has 0 spiro atoms. The van der Waals surface area contributed by atoms with E-state index in [0.717, 1.165) is 5.56 Å². The summed E-state index contributed by atoms with van der Waals surface area (Å²) in [7, 11) is -3.46. The summed E-state index contributed by atoms with van der Waals surface area (Å²) in [6.45, 7) is 0.304. The van der Waals surface area contributed by atoms with Gasteiger partial charge in [0.2, 0.25) is 10.0 Å². The van der Waals surface area contributed by atoms with Crippen molar-refractivity contribution in [1.29, 1.82) is 0 Å². The minimum absolute atomic E-state index is 0.304. The van der Waals surface area contributed by atoms with E-state index in [1.807, 2.05) is 16.8 Å². The summed E-state index contributed by atoms with van der Waals surface area (Å²) in [6, 6.07) is 1.93. The van der Waals surface area contributed by atoms with E-state index in [4.69, 9.17) is 5.11 Å². The Labute approximate surface area is 98.2 Å². The zero-order valence-electron chi connectivity index (χ0n) is 8.55. The van der Waals surface area contributed by atoms with Gasteiger partial charge in [0.25, 0.3) is 0 Å². The fraction of sp³-hybridized carbons (Fsp3) is 0.444. The van der Waals surface area contributed by atoms with E-state index in [0.29, 0.717) is 13.0 Å². The van der Waals surface area contributed by atoms with Crippen LogP contribution in [0.5, 0.6) is 0 Å². The van der Waals surface area contributed by atoms with Crippen molar-refractivity contribution < 1.29 is 18.3 Å². The molecule has 1 aromatic rings. The third kappa shape index (κ3) is 5.24. The molecule has 0 aliphatic rings. The third-order valence-electron chi connectivity index (χ3n) is 1.90. The van der Waals surface area contributed by atoms with Gasteiger partial charge in [0.05, 0.1) is 12.2 Å². The molecule has 0 unspecified atom stereocenters. The van der Waals surface area contributed by atoms with E-state index in [1.54, 1.807) is 11.3 Å². The van der Waals surface area contributed by atoms with Crippen LogP contribution >= 0.6 is 11.3 Å². The van der Waals surface area contributed by atoms with Crippen molar-refractivity contribution in [2.75, 3.05) is 12.3 Å². The summed E-state index contributed by atoms with van der Waals surface area (Å²) in [6.07, 6.45) is 0.254. The molecule has 0 radical (unpaired) electrons. The maximum Gasteiger partial charge on any atom is 0.304 e. The number of rotatable bonds is 7. The standard InChI is InChI=1S/C9H13NO4S2/c11-9(12)3-6-16(13,14)10-4-1-8-2-5-15-7-8/h2,5,7,10H,1,3-4,6H2,(H,11,12). The van der Waals surface area contributed by atoms with Crippen LogP contribution in [0.1, 0.15) is 12.0 Å². The number of sulfonamides is 1. The molecule has 1 heterocycles. The molecule has 0 amide bonds. The summed E-state index contributed by atoms with van der Waals surface area (Å²) in [5.74, 6) is -1.48. The van der Waals surface area contributed by atoms with Crippen LogP contribution in [0.15, 0.2) is 16.8 Å². The van der Waals surface area contributed by atoms with Gasteiger partial charge in [-0.15, -0.1) is 0 Å². The molecule has 2 N–H and O–H groups in total. The second-order valence-electron chi connectivity index (χ2n) is 3.24. The van der Waals surface area contributed by atoms with Crippen LogP contribution in [0.3, 0.4) is 0 Å². The first kappa shape index (κ1) is 13.1. The van der Waals surface area contributed by atoms with Crippen LogP contribution in [-0.2, 0) is 21.2 Å². The Bertz CT molecular complexity index is 424. The van der Waals surface area contributed by atoms with E-state index < -0.39 is 16.0 Å². The summed E-state index contributed by atoms with van der Waals surface area (Å²) >= 11 is 1.56. The number of thiophene rings is 1. The van der Waals surface area contributed by atoms with E-state index in [1.165, 1.54) is 0 Å². The number of carboxylic acids is 1. The number of hydrogen-bond acceptors (Lipinski definition) is 4. The zero-order chi connectivity index (χ0) is 12.0. The first-order valence-corrected chi connectivity index (χ1v) is 7.29. The first-order chi connectivity index (χ1) is 7.49. The quantitative estimate of drug-likeness (QED) is 0.758. The van der Waals surface area contributed by atoms with Crippen LogP contribution < -0.4 is 4.72 Å². The lowest BCUT2D eigenvalue weighted by Crippen LogP contribution is -2.29. The Kier molecular flexibility index (Phi) is 4.91. The van der Waals surface area contributed by atoms with Crippen LogP contribution in [0.25, 0.3) is 0 Å². The van der Waals surface area contributed by atoms with E-state index in [-0.39, 0.29) is 12.2 Å². The van der Waals surface area contributed by atoms with Gasteiger partial charge in [-0.1, -0.05) is 0 Å². The molecule has 0 saturated carbocycles. The Morgan fingerprint density at radius 3 is 2.81 bits per heavy atom. The Hall–Kier alpha value is -0.920. The van der Waals surface area contributed by atoms with E-state index in [9.17, 15) is 13.2 Å². The Morgan fingerprint density at radius 2 is 2.25 bits per heavy atom. The Balaban J connectivity index is 2.28. The largest absolute Gasteiger partial charge is 0.481 e. The highest BCUT2D eigenvalue weighted by atomic mass is 32.2. The van der Waals surface area contributed by atoms with Crippen molar-refractivity contribution in [3.05, 3.63) is 22.4 Å². The molecule has 5 nitrogen and oxygen atoms in total. The zero-order valence-corrected chi connectivity index (χ0v) is 10.2. The topological polar surface area (TPSA) is 83.5 Å². The number of hydrogen-bond donors (Lipinski definition) is 2. The molecule has 1 rings (SSSR count). The molecule has 0 atom stereocenters. The fourth-order valence-electron chi connectivity index (χ4n) is 1.08. The first-order valence-electron chi connectivity index (χ1n) is 4.70. The molecular weight excluding hydrogens is 250 g/mol. The molecular formula is C9H13NO4S2. The highest BCUT2D eigenvalue weighted by molar-refractivity contribution is 7.89. The van der Waals surface area contributed by atoms with Crippen molar-refractivity contribution in [2.24, 2.45) is 0 Å². The third-order valence-corrected chi connectivity index (χ3v) is 4.02. The predicted octanol–water partition coefficient (Wildman–Crippen LogP) is 0.685. The van der Waals surface area contributed by atoms with Crippen molar-refractivity contribution in [2.45, 2.75) is 12.8 Å². The van der Waals surface area contributed by atoms with E-state index in [2.05, 4.69) is 4.72 Å². The second kappa shape index (κ2) is 5.97. The van der Waals surface area contributed by atoms with Gasteiger partial charge >= 0.3 is 5.97 Å². The molecule has 0 aliphatic carbocycles. The molecule has 90 valence electrons. The lowest BCUT2D eigenvalue weighted by molar-refractivity contribution is -0.136. The van der Waals surface area contributed by atoms with Crippen LogP contribution in [0.4, 0.5) is 0 Å². The highest BCUT2D eigenvalue weighted by Crippen LogP contribution is 2.05. The normalized spacial score (nSPS) is 11.5. The second-order valence-corrected chi connectivity index (χ2v) is 5.94. The van der Waals surface area contributed by atoms with Crippen molar-refractivity contribution in [1.82, 2.24) is 4.72 Å². The van der Waals surface area contributed by atoms with Gasteiger partial charge in [-0.05, 0) is 28.8 Å². The van der Waals surface area contributed by atoms with Gasteiger partial charge in [-0.2, -0.15) is 11.3 Å². The Morgan fingerprint density at radius 1 is 1.50 bits per heavy atom. The maximum atomic E-state index is 11.3. The summed E-state index contributed by atoms with van der Waals surface area (Å²) < 4.78 is 24.9. The lowest BCUT2D eigenvalue weighted by atomic mass is 10.2. The van der Waals surface area contributed by atoms with Crippen LogP contribution in [0, 0.1) is 0 Å². The highest BCUT2D eigenvalue weighted by Gasteiger charge is 2.11. The van der Waals surface area contributed by atoms with Crippen molar-refractivity contribution in [3.8, 4) is 0 Å². The minimum Gasteiger partial charge on any atom is -0.481 e. The van der Waals surface area contributed by atoms with Gasteiger partial charge in [0, 0.05) is 6.54 Å². The van der Waals surface area contributed by atoms with Gasteiger partial charge in [-0.25, -0.2) is 13.1 Å². The van der Waals surface area contributed by atoms with Crippen molar-refractivity contribution >= 4 is 27.3 Å². The van der Waals surface area contributed by atoms with E-state index >= 15 is 0 Å². The molecule has 7 heteroatoms. The monoisotopic (exact) mass is 263 g/mol. The molecule has 0 saturated heterocycles. The van der Waals surface area contributed by atoms with Gasteiger partial charge in [0.15, 0.2) is 0 Å². The van der Waals surface area contributed by atoms with Crippen LogP contribution in [0.2, 0.25) is 0 Å². The van der Waals surface area contributed by atoms with Crippen LogP contribution in [-0.4, -0.2) is 31.8 Å². The lowest BCUT2D eigenvalue weighted by Gasteiger charge is -2.04. The smallest absolute Gasteiger partial charge is 0.304 e. The van der Waals surface area contributed by atoms with Gasteiger partial charge in [0.1, 0.15) is 0 Å². The number of carboxylic acid groups (broad SMARTS) is 1. The molecule has 0 aliphatic heterocycles. The number of nitrogens with one attached hydrogen (secondary N) is 1. The average molecular weight is 263 g/mol. The number of carbonyl (C=O) groups is 1. The average Bonchev–Trinajstić information content (AvgIpc) is 2.68. The SMILES string of the molecule is O=C(O)CCS(=O)(=O)NCCc1ccsc1. The molecule has 1 aromatic heterocycles. The maximum absolute atomic E-state index is 11.3. The summed E-state index contributed by atoms with van der Waals surface area (Å²) in [5.41, 5.74) is 1.07. The van der Waals surface area contributed by atoms with Crippen molar-refractivity contribution in [3.63, 3.8) is 0 Å². The molecule has 0 bridgehead atoms. The summed E-state index contributed by atoms with van der Waals surface area (Å²) in [5, 5.41) is 12.2. The predicted molar refractivity (Wildman–Crippen MR) is 62.1 cm³/mol. The fourth-order valence-corrected chi connectivity index (χ4v) is 2.78. The molecule has 16 heavy (non-hydrogen) atoms.